The van der Waals surface area contributed by atoms with Crippen LogP contribution in [0, 0.1) is 5.92 Å². The topological polar surface area (TPSA) is 28.2 Å². The zero-order valence-corrected chi connectivity index (χ0v) is 14.6. The molecule has 0 bridgehead atoms. The van der Waals surface area contributed by atoms with E-state index in [2.05, 4.69) is 44.8 Å². The Morgan fingerprint density at radius 1 is 1.20 bits per heavy atom. The molecule has 1 aromatic heterocycles. The summed E-state index contributed by atoms with van der Waals surface area (Å²) in [6, 6.07) is 0. The molecule has 0 fully saturated rings. The van der Waals surface area contributed by atoms with Gasteiger partial charge in [0.25, 0.3) is 0 Å². The first-order valence-electron chi connectivity index (χ1n) is 8.01. The predicted octanol–water partition coefficient (Wildman–Crippen LogP) is 3.68. The fraction of sp³-hybridized carbons (Fsp3) is 0.812. The molecule has 0 aromatic carbocycles. The van der Waals surface area contributed by atoms with Crippen molar-refractivity contribution in [3.05, 3.63) is 15.6 Å². The monoisotopic (exact) mass is 297 g/mol. The van der Waals surface area contributed by atoms with Crippen LogP contribution >= 0.6 is 11.3 Å². The molecule has 0 saturated heterocycles. The first kappa shape index (κ1) is 17.6. The quantitative estimate of drug-likeness (QED) is 0.714. The molecule has 1 N–H and O–H groups in total. The van der Waals surface area contributed by atoms with E-state index in [0.717, 1.165) is 39.1 Å². The van der Waals surface area contributed by atoms with E-state index in [1.807, 2.05) is 11.3 Å². The van der Waals surface area contributed by atoms with Gasteiger partial charge in [0.05, 0.1) is 12.2 Å². The number of nitrogens with one attached hydrogen (secondary N) is 1. The molecule has 0 aliphatic heterocycles. The second-order valence-electron chi connectivity index (χ2n) is 5.71. The van der Waals surface area contributed by atoms with Gasteiger partial charge in [-0.1, -0.05) is 41.0 Å². The lowest BCUT2D eigenvalue weighted by Crippen LogP contribution is -2.21. The van der Waals surface area contributed by atoms with Crippen molar-refractivity contribution in [1.29, 1.82) is 0 Å². The fourth-order valence-corrected chi connectivity index (χ4v) is 3.31. The molecule has 1 heterocycles. The number of rotatable bonds is 10. The van der Waals surface area contributed by atoms with Crippen LogP contribution in [0.5, 0.6) is 0 Å². The van der Waals surface area contributed by atoms with Gasteiger partial charge in [-0.15, -0.1) is 11.3 Å². The highest BCUT2D eigenvalue weighted by atomic mass is 32.1. The van der Waals surface area contributed by atoms with Crippen molar-refractivity contribution < 1.29 is 0 Å². The highest BCUT2D eigenvalue weighted by Gasteiger charge is 2.12. The fourth-order valence-electron chi connectivity index (χ4n) is 2.19. The van der Waals surface area contributed by atoms with Gasteiger partial charge in [0.1, 0.15) is 5.01 Å². The number of nitrogens with zero attached hydrogens (tertiary/aromatic N) is 2. The van der Waals surface area contributed by atoms with Gasteiger partial charge in [-0.3, -0.25) is 4.90 Å². The molecule has 0 unspecified atom stereocenters. The maximum Gasteiger partial charge on any atom is 0.107 e. The van der Waals surface area contributed by atoms with E-state index in [1.54, 1.807) is 0 Å². The second kappa shape index (κ2) is 9.48. The predicted molar refractivity (Wildman–Crippen MR) is 89.3 cm³/mol. The summed E-state index contributed by atoms with van der Waals surface area (Å²) in [7, 11) is 0. The third-order valence-electron chi connectivity index (χ3n) is 3.40. The summed E-state index contributed by atoms with van der Waals surface area (Å²) in [5.41, 5.74) is 1.32. The molecule has 0 atom stereocenters. The standard InChI is InChI=1S/C16H31N3S/c1-6-9-14-15(11-17-10-13(4)5)20-16(18-14)12-19(7-2)8-3/h13,17H,6-12H2,1-5H3. The van der Waals surface area contributed by atoms with E-state index in [4.69, 9.17) is 4.98 Å². The van der Waals surface area contributed by atoms with E-state index in [1.165, 1.54) is 22.0 Å². The number of aromatic nitrogens is 1. The molecule has 1 rings (SSSR count). The summed E-state index contributed by atoms with van der Waals surface area (Å²) in [4.78, 5) is 8.74. The van der Waals surface area contributed by atoms with Crippen LogP contribution < -0.4 is 5.32 Å². The van der Waals surface area contributed by atoms with Crippen molar-refractivity contribution in [2.24, 2.45) is 5.92 Å². The molecule has 0 aliphatic rings. The molecule has 20 heavy (non-hydrogen) atoms. The zero-order chi connectivity index (χ0) is 15.0. The van der Waals surface area contributed by atoms with Gasteiger partial charge in [0.15, 0.2) is 0 Å². The van der Waals surface area contributed by atoms with Gasteiger partial charge in [-0.05, 0) is 32.0 Å². The van der Waals surface area contributed by atoms with Crippen molar-refractivity contribution >= 4 is 11.3 Å². The van der Waals surface area contributed by atoms with Crippen molar-refractivity contribution in [1.82, 2.24) is 15.2 Å². The van der Waals surface area contributed by atoms with Crippen molar-refractivity contribution in [2.45, 2.75) is 60.5 Å². The summed E-state index contributed by atoms with van der Waals surface area (Å²) >= 11 is 1.89. The lowest BCUT2D eigenvalue weighted by atomic mass is 10.2. The van der Waals surface area contributed by atoms with Crippen LogP contribution in [0.3, 0.4) is 0 Å². The largest absolute Gasteiger partial charge is 0.312 e. The van der Waals surface area contributed by atoms with Crippen LogP contribution in [0.2, 0.25) is 0 Å². The molecule has 3 nitrogen and oxygen atoms in total. The van der Waals surface area contributed by atoms with Crippen LogP contribution in [0.1, 0.15) is 56.6 Å². The second-order valence-corrected chi connectivity index (χ2v) is 6.88. The molecule has 4 heteroatoms. The third-order valence-corrected chi connectivity index (χ3v) is 4.48. The Balaban J connectivity index is 2.68. The van der Waals surface area contributed by atoms with Crippen LogP contribution in [-0.2, 0) is 19.5 Å². The Morgan fingerprint density at radius 2 is 1.90 bits per heavy atom. The summed E-state index contributed by atoms with van der Waals surface area (Å²) in [6.45, 7) is 16.4. The maximum atomic E-state index is 4.87. The number of aryl methyl sites for hydroxylation is 1. The summed E-state index contributed by atoms with van der Waals surface area (Å²) in [6.07, 6.45) is 2.28. The van der Waals surface area contributed by atoms with Crippen molar-refractivity contribution in [2.75, 3.05) is 19.6 Å². The molecule has 0 aliphatic carbocycles. The highest BCUT2D eigenvalue weighted by Crippen LogP contribution is 2.21. The summed E-state index contributed by atoms with van der Waals surface area (Å²) < 4.78 is 0. The minimum atomic E-state index is 0.702. The molecular formula is C16H31N3S. The minimum Gasteiger partial charge on any atom is -0.312 e. The van der Waals surface area contributed by atoms with E-state index in [9.17, 15) is 0 Å². The molecular weight excluding hydrogens is 266 g/mol. The molecule has 0 radical (unpaired) electrons. The van der Waals surface area contributed by atoms with Crippen LogP contribution in [0.4, 0.5) is 0 Å². The van der Waals surface area contributed by atoms with E-state index < -0.39 is 0 Å². The van der Waals surface area contributed by atoms with Crippen molar-refractivity contribution in [3.63, 3.8) is 0 Å². The molecule has 116 valence electrons. The lowest BCUT2D eigenvalue weighted by Gasteiger charge is -2.15. The molecule has 1 aromatic rings. The van der Waals surface area contributed by atoms with Gasteiger partial charge >= 0.3 is 0 Å². The number of hydrogen-bond donors (Lipinski definition) is 1. The zero-order valence-electron chi connectivity index (χ0n) is 13.8. The van der Waals surface area contributed by atoms with Gasteiger partial charge in [-0.2, -0.15) is 0 Å². The summed E-state index contributed by atoms with van der Waals surface area (Å²) in [5.74, 6) is 0.702. The van der Waals surface area contributed by atoms with Gasteiger partial charge in [0, 0.05) is 11.4 Å². The van der Waals surface area contributed by atoms with Crippen LogP contribution in [-0.4, -0.2) is 29.5 Å². The van der Waals surface area contributed by atoms with Gasteiger partial charge < -0.3 is 5.32 Å². The SMILES string of the molecule is CCCc1nc(CN(CC)CC)sc1CNCC(C)C. The Bertz CT molecular complexity index is 370. The Hall–Kier alpha value is -0.450. The normalized spacial score (nSPS) is 11.8. The van der Waals surface area contributed by atoms with Gasteiger partial charge in [0.2, 0.25) is 0 Å². The smallest absolute Gasteiger partial charge is 0.107 e. The van der Waals surface area contributed by atoms with E-state index >= 15 is 0 Å². The van der Waals surface area contributed by atoms with Crippen LogP contribution in [0.25, 0.3) is 0 Å². The van der Waals surface area contributed by atoms with Crippen molar-refractivity contribution in [3.8, 4) is 0 Å². The van der Waals surface area contributed by atoms with E-state index in [0.29, 0.717) is 5.92 Å². The Kier molecular flexibility index (Phi) is 8.34. The summed E-state index contributed by atoms with van der Waals surface area (Å²) in [5, 5.41) is 4.83. The maximum absolute atomic E-state index is 4.87. The average Bonchev–Trinajstić information content (AvgIpc) is 2.78. The Morgan fingerprint density at radius 3 is 2.45 bits per heavy atom. The number of hydrogen-bond acceptors (Lipinski definition) is 4. The third kappa shape index (κ3) is 5.90. The van der Waals surface area contributed by atoms with Crippen LogP contribution in [0.15, 0.2) is 0 Å². The molecule has 0 spiro atoms. The molecule has 0 amide bonds. The van der Waals surface area contributed by atoms with E-state index in [-0.39, 0.29) is 0 Å². The number of thiazole rings is 1. The first-order chi connectivity index (χ1) is 9.60. The highest BCUT2D eigenvalue weighted by molar-refractivity contribution is 7.11. The lowest BCUT2D eigenvalue weighted by molar-refractivity contribution is 0.295. The molecule has 0 saturated carbocycles. The average molecular weight is 298 g/mol. The Labute approximate surface area is 128 Å². The minimum absolute atomic E-state index is 0.702. The first-order valence-corrected chi connectivity index (χ1v) is 8.82. The van der Waals surface area contributed by atoms with Gasteiger partial charge in [-0.25, -0.2) is 4.98 Å².